The fourth-order valence-electron chi connectivity index (χ4n) is 2.81. The molecule has 146 valence electrons. The minimum Gasteiger partial charge on any atom is -0.312 e. The van der Waals surface area contributed by atoms with Crippen LogP contribution in [0.25, 0.3) is 0 Å². The SMILES string of the molecule is O=C1CCCCN1c1ccc(C#CCNS(=O)(=O)c2ccc(F)c(Cl)c2)cc1. The molecule has 0 atom stereocenters. The summed E-state index contributed by atoms with van der Waals surface area (Å²) in [6.07, 6.45) is 2.49. The molecule has 0 unspecified atom stereocenters. The van der Waals surface area contributed by atoms with Crippen LogP contribution in [0.2, 0.25) is 5.02 Å². The third kappa shape index (κ3) is 4.90. The zero-order valence-corrected chi connectivity index (χ0v) is 16.5. The molecule has 1 fully saturated rings. The van der Waals surface area contributed by atoms with Crippen molar-refractivity contribution in [1.82, 2.24) is 4.72 Å². The lowest BCUT2D eigenvalue weighted by Gasteiger charge is -2.26. The van der Waals surface area contributed by atoms with Gasteiger partial charge in [-0.2, -0.15) is 4.72 Å². The first-order valence-corrected chi connectivity index (χ1v) is 10.6. The van der Waals surface area contributed by atoms with Gasteiger partial charge in [0.25, 0.3) is 0 Å². The van der Waals surface area contributed by atoms with Gasteiger partial charge < -0.3 is 4.90 Å². The summed E-state index contributed by atoms with van der Waals surface area (Å²) in [5.74, 6) is 5.04. The highest BCUT2D eigenvalue weighted by molar-refractivity contribution is 7.89. The highest BCUT2D eigenvalue weighted by Gasteiger charge is 2.19. The number of sulfonamides is 1. The van der Waals surface area contributed by atoms with E-state index in [1.807, 2.05) is 12.1 Å². The molecule has 1 aliphatic heterocycles. The fourth-order valence-corrected chi connectivity index (χ4v) is 4.00. The van der Waals surface area contributed by atoms with Gasteiger partial charge in [-0.3, -0.25) is 4.79 Å². The van der Waals surface area contributed by atoms with Crippen molar-refractivity contribution in [2.75, 3.05) is 18.0 Å². The van der Waals surface area contributed by atoms with Crippen LogP contribution in [0.3, 0.4) is 0 Å². The summed E-state index contributed by atoms with van der Waals surface area (Å²) in [6, 6.07) is 10.4. The molecule has 0 saturated carbocycles. The average molecular weight is 421 g/mol. The molecule has 3 rings (SSSR count). The monoisotopic (exact) mass is 420 g/mol. The van der Waals surface area contributed by atoms with E-state index in [0.29, 0.717) is 12.0 Å². The Bertz CT molecular complexity index is 1040. The second-order valence-corrected chi connectivity index (χ2v) is 8.43. The molecular weight excluding hydrogens is 403 g/mol. The first kappa shape index (κ1) is 20.3. The van der Waals surface area contributed by atoms with Crippen molar-refractivity contribution in [1.29, 1.82) is 0 Å². The molecule has 8 heteroatoms. The standard InChI is InChI=1S/C20H18ClFN2O3S/c21-18-14-17(10-11-19(18)22)28(26,27)23-12-3-4-15-6-8-16(9-7-15)24-13-2-1-5-20(24)25/h6-11,14,23H,1-2,5,12-13H2. The van der Waals surface area contributed by atoms with Gasteiger partial charge in [0.2, 0.25) is 15.9 Å². The third-order valence-corrected chi connectivity index (χ3v) is 5.98. The average Bonchev–Trinajstić information content (AvgIpc) is 2.68. The zero-order chi connectivity index (χ0) is 20.1. The van der Waals surface area contributed by atoms with Crippen molar-refractivity contribution in [3.63, 3.8) is 0 Å². The zero-order valence-electron chi connectivity index (χ0n) is 14.9. The van der Waals surface area contributed by atoms with E-state index in [1.165, 1.54) is 0 Å². The smallest absolute Gasteiger partial charge is 0.241 e. The van der Waals surface area contributed by atoms with Crippen LogP contribution >= 0.6 is 11.6 Å². The van der Waals surface area contributed by atoms with E-state index in [9.17, 15) is 17.6 Å². The van der Waals surface area contributed by atoms with Crippen molar-refractivity contribution < 1.29 is 17.6 Å². The molecule has 1 saturated heterocycles. The summed E-state index contributed by atoms with van der Waals surface area (Å²) in [5, 5.41) is -0.263. The van der Waals surface area contributed by atoms with Gasteiger partial charge in [-0.1, -0.05) is 23.4 Å². The molecular formula is C20H18ClFN2O3S. The van der Waals surface area contributed by atoms with E-state index in [1.54, 1.807) is 17.0 Å². The van der Waals surface area contributed by atoms with Gasteiger partial charge >= 0.3 is 0 Å². The summed E-state index contributed by atoms with van der Waals surface area (Å²) in [6.45, 7) is 0.614. The Balaban J connectivity index is 1.61. The molecule has 28 heavy (non-hydrogen) atoms. The number of amides is 1. The normalized spacial score (nSPS) is 14.5. The molecule has 1 aliphatic rings. The number of halogens is 2. The number of piperidine rings is 1. The number of hydrogen-bond acceptors (Lipinski definition) is 3. The maximum absolute atomic E-state index is 13.2. The van der Waals surface area contributed by atoms with Crippen LogP contribution in [0.15, 0.2) is 47.4 Å². The van der Waals surface area contributed by atoms with E-state index >= 15 is 0 Å². The molecule has 1 heterocycles. The van der Waals surface area contributed by atoms with Crippen molar-refractivity contribution in [3.05, 3.63) is 58.9 Å². The van der Waals surface area contributed by atoms with E-state index in [-0.39, 0.29) is 22.4 Å². The largest absolute Gasteiger partial charge is 0.312 e. The Kier molecular flexibility index (Phi) is 6.35. The second kappa shape index (κ2) is 8.74. The van der Waals surface area contributed by atoms with Gasteiger partial charge in [0.1, 0.15) is 5.82 Å². The Hall–Kier alpha value is -2.40. The molecule has 0 bridgehead atoms. The lowest BCUT2D eigenvalue weighted by molar-refractivity contribution is -0.119. The van der Waals surface area contributed by atoms with Crippen molar-refractivity contribution in [2.24, 2.45) is 0 Å². The molecule has 0 spiro atoms. The summed E-state index contributed by atoms with van der Waals surface area (Å²) >= 11 is 5.62. The summed E-state index contributed by atoms with van der Waals surface area (Å²) in [4.78, 5) is 13.6. The van der Waals surface area contributed by atoms with Crippen LogP contribution in [0, 0.1) is 17.7 Å². The number of nitrogens with one attached hydrogen (secondary N) is 1. The number of benzene rings is 2. The predicted octanol–water partition coefficient (Wildman–Crippen LogP) is 3.33. The quantitative estimate of drug-likeness (QED) is 0.771. The maximum Gasteiger partial charge on any atom is 0.241 e. The molecule has 0 radical (unpaired) electrons. The van der Waals surface area contributed by atoms with E-state index in [0.717, 1.165) is 43.3 Å². The molecule has 1 N–H and O–H groups in total. The predicted molar refractivity (Wildman–Crippen MR) is 106 cm³/mol. The number of hydrogen-bond donors (Lipinski definition) is 1. The lowest BCUT2D eigenvalue weighted by Crippen LogP contribution is -2.35. The minimum atomic E-state index is -3.83. The van der Waals surface area contributed by atoms with Crippen LogP contribution in [0.1, 0.15) is 24.8 Å². The summed E-state index contributed by atoms with van der Waals surface area (Å²) < 4.78 is 39.8. The van der Waals surface area contributed by atoms with Crippen molar-refractivity contribution in [3.8, 4) is 11.8 Å². The number of carbonyl (C=O) groups is 1. The number of carbonyl (C=O) groups excluding carboxylic acids is 1. The second-order valence-electron chi connectivity index (χ2n) is 6.25. The Morgan fingerprint density at radius 3 is 2.57 bits per heavy atom. The van der Waals surface area contributed by atoms with Crippen LogP contribution in [0.4, 0.5) is 10.1 Å². The van der Waals surface area contributed by atoms with Crippen LogP contribution in [-0.2, 0) is 14.8 Å². The summed E-state index contributed by atoms with van der Waals surface area (Å²) in [5.41, 5.74) is 1.54. The first-order chi connectivity index (χ1) is 13.4. The highest BCUT2D eigenvalue weighted by atomic mass is 35.5. The van der Waals surface area contributed by atoms with Crippen molar-refractivity contribution >= 4 is 33.2 Å². The van der Waals surface area contributed by atoms with Crippen molar-refractivity contribution in [2.45, 2.75) is 24.2 Å². The number of rotatable bonds is 4. The molecule has 0 aromatic heterocycles. The Labute approximate surface area is 168 Å². The van der Waals surface area contributed by atoms with Gasteiger partial charge in [0, 0.05) is 24.2 Å². The molecule has 1 amide bonds. The van der Waals surface area contributed by atoms with E-state index < -0.39 is 15.8 Å². The number of anilines is 1. The molecule has 2 aromatic rings. The van der Waals surface area contributed by atoms with Gasteiger partial charge in [-0.05, 0) is 55.3 Å². The Morgan fingerprint density at radius 1 is 1.14 bits per heavy atom. The summed E-state index contributed by atoms with van der Waals surface area (Å²) in [7, 11) is -3.83. The van der Waals surface area contributed by atoms with E-state index in [4.69, 9.17) is 11.6 Å². The third-order valence-electron chi connectivity index (χ3n) is 4.29. The first-order valence-electron chi connectivity index (χ1n) is 8.71. The van der Waals surface area contributed by atoms with Gasteiger partial charge in [0.05, 0.1) is 16.5 Å². The molecule has 0 aliphatic carbocycles. The van der Waals surface area contributed by atoms with Gasteiger partial charge in [-0.15, -0.1) is 0 Å². The van der Waals surface area contributed by atoms with E-state index in [2.05, 4.69) is 16.6 Å². The molecule has 5 nitrogen and oxygen atoms in total. The number of nitrogens with zero attached hydrogens (tertiary/aromatic N) is 1. The van der Waals surface area contributed by atoms with Crippen LogP contribution in [-0.4, -0.2) is 27.4 Å². The maximum atomic E-state index is 13.2. The fraction of sp³-hybridized carbons (Fsp3) is 0.250. The molecule has 2 aromatic carbocycles. The highest BCUT2D eigenvalue weighted by Crippen LogP contribution is 2.21. The van der Waals surface area contributed by atoms with Gasteiger partial charge in [0.15, 0.2) is 0 Å². The van der Waals surface area contributed by atoms with Gasteiger partial charge in [-0.25, -0.2) is 12.8 Å². The Morgan fingerprint density at radius 2 is 1.89 bits per heavy atom. The minimum absolute atomic E-state index is 0.107. The van der Waals surface area contributed by atoms with Crippen LogP contribution < -0.4 is 9.62 Å². The lowest BCUT2D eigenvalue weighted by atomic mass is 10.1. The van der Waals surface area contributed by atoms with Crippen LogP contribution in [0.5, 0.6) is 0 Å². The topological polar surface area (TPSA) is 66.5 Å².